The molecule has 162 valence electrons. The largest absolute Gasteiger partial charge is 0.497 e. The Kier molecular flexibility index (Phi) is 6.30. The number of hydrogen-bond donors (Lipinski definition) is 3. The number of ether oxygens (including phenoxy) is 2. The third-order valence-electron chi connectivity index (χ3n) is 4.67. The predicted octanol–water partition coefficient (Wildman–Crippen LogP) is 3.53. The molecule has 3 rings (SSSR count). The van der Waals surface area contributed by atoms with E-state index < -0.39 is 22.9 Å². The number of anilines is 1. The highest BCUT2D eigenvalue weighted by atomic mass is 35.5. The van der Waals surface area contributed by atoms with Crippen molar-refractivity contribution in [3.63, 3.8) is 0 Å². The molecule has 0 radical (unpaired) electrons. The molecule has 1 atom stereocenters. The highest BCUT2D eigenvalue weighted by molar-refractivity contribution is 6.32. The van der Waals surface area contributed by atoms with Gasteiger partial charge in [0.05, 0.1) is 36.4 Å². The normalized spacial score (nSPS) is 15.6. The molecule has 1 heterocycles. The van der Waals surface area contributed by atoms with Gasteiger partial charge >= 0.3 is 6.03 Å². The molecule has 10 nitrogen and oxygen atoms in total. The standard InChI is InChI=1S/C20H19ClN4O6/c1-10-17(19(26)23-14-9-12(30-2)5-7-16(14)31-3)18(24-20(27)22-10)11-4-6-13(21)15(8-11)25(28)29/h4-9,18H,1-3H3,(H,23,26)(H2,22,24,27). The number of halogens is 1. The number of carbonyl (C=O) groups excluding carboxylic acids is 2. The van der Waals surface area contributed by atoms with Crippen LogP contribution in [0.4, 0.5) is 16.2 Å². The Morgan fingerprint density at radius 3 is 2.58 bits per heavy atom. The topological polar surface area (TPSA) is 132 Å². The quantitative estimate of drug-likeness (QED) is 0.459. The van der Waals surface area contributed by atoms with Gasteiger partial charge in [-0.05, 0) is 30.7 Å². The Bertz CT molecular complexity index is 1100. The monoisotopic (exact) mass is 446 g/mol. The maximum absolute atomic E-state index is 13.2. The van der Waals surface area contributed by atoms with Crippen molar-refractivity contribution in [1.82, 2.24) is 10.6 Å². The fourth-order valence-corrected chi connectivity index (χ4v) is 3.38. The summed E-state index contributed by atoms with van der Waals surface area (Å²) in [5.74, 6) is 0.361. The van der Waals surface area contributed by atoms with E-state index in [-0.39, 0.29) is 16.3 Å². The number of hydrogen-bond acceptors (Lipinski definition) is 6. The zero-order valence-electron chi connectivity index (χ0n) is 16.8. The number of carbonyl (C=O) groups is 2. The summed E-state index contributed by atoms with van der Waals surface area (Å²) in [5, 5.41) is 19.1. The zero-order chi connectivity index (χ0) is 22.7. The van der Waals surface area contributed by atoms with E-state index >= 15 is 0 Å². The van der Waals surface area contributed by atoms with Crippen LogP contribution in [0.2, 0.25) is 5.02 Å². The molecule has 0 bridgehead atoms. The molecule has 2 aromatic carbocycles. The summed E-state index contributed by atoms with van der Waals surface area (Å²) in [5.41, 5.74) is 0.809. The second kappa shape index (κ2) is 8.92. The predicted molar refractivity (Wildman–Crippen MR) is 113 cm³/mol. The molecular weight excluding hydrogens is 428 g/mol. The van der Waals surface area contributed by atoms with Crippen LogP contribution in [0.25, 0.3) is 0 Å². The first-order valence-corrected chi connectivity index (χ1v) is 9.38. The minimum absolute atomic E-state index is 0.0539. The van der Waals surface area contributed by atoms with Crippen molar-refractivity contribution in [2.45, 2.75) is 13.0 Å². The van der Waals surface area contributed by atoms with Crippen molar-refractivity contribution >= 4 is 34.9 Å². The van der Waals surface area contributed by atoms with Gasteiger partial charge < -0.3 is 25.4 Å². The van der Waals surface area contributed by atoms with Gasteiger partial charge in [-0.2, -0.15) is 0 Å². The molecule has 1 aliphatic heterocycles. The number of rotatable bonds is 6. The second-order valence-electron chi connectivity index (χ2n) is 6.56. The zero-order valence-corrected chi connectivity index (χ0v) is 17.6. The van der Waals surface area contributed by atoms with Crippen molar-refractivity contribution in [2.24, 2.45) is 0 Å². The molecule has 0 fully saturated rings. The fourth-order valence-electron chi connectivity index (χ4n) is 3.20. The average molecular weight is 447 g/mol. The Balaban J connectivity index is 2.02. The van der Waals surface area contributed by atoms with Crippen molar-refractivity contribution in [3.8, 4) is 11.5 Å². The lowest BCUT2D eigenvalue weighted by molar-refractivity contribution is -0.384. The van der Waals surface area contributed by atoms with Gasteiger partial charge in [0.15, 0.2) is 0 Å². The summed E-state index contributed by atoms with van der Waals surface area (Å²) >= 11 is 5.90. The van der Waals surface area contributed by atoms with Gasteiger partial charge in [-0.1, -0.05) is 17.7 Å². The number of nitrogens with zero attached hydrogens (tertiary/aromatic N) is 1. The van der Waals surface area contributed by atoms with Crippen LogP contribution in [0.15, 0.2) is 47.7 Å². The number of benzene rings is 2. The number of nitrogens with one attached hydrogen (secondary N) is 3. The molecule has 1 unspecified atom stereocenters. The number of urea groups is 1. The maximum Gasteiger partial charge on any atom is 0.319 e. The number of nitro benzene ring substituents is 1. The number of allylic oxidation sites excluding steroid dienone is 1. The lowest BCUT2D eigenvalue weighted by Gasteiger charge is -2.28. The first-order valence-electron chi connectivity index (χ1n) is 9.00. The van der Waals surface area contributed by atoms with E-state index in [4.69, 9.17) is 21.1 Å². The van der Waals surface area contributed by atoms with Crippen molar-refractivity contribution in [3.05, 3.63) is 68.4 Å². The van der Waals surface area contributed by atoms with Crippen LogP contribution < -0.4 is 25.4 Å². The van der Waals surface area contributed by atoms with Gasteiger partial charge in [-0.25, -0.2) is 4.79 Å². The maximum atomic E-state index is 13.2. The molecule has 31 heavy (non-hydrogen) atoms. The summed E-state index contributed by atoms with van der Waals surface area (Å²) in [6.45, 7) is 1.56. The molecule has 1 aliphatic rings. The van der Waals surface area contributed by atoms with Crippen molar-refractivity contribution < 1.29 is 24.0 Å². The smallest absolute Gasteiger partial charge is 0.319 e. The summed E-state index contributed by atoms with van der Waals surface area (Å²) in [7, 11) is 2.95. The van der Waals surface area contributed by atoms with Crippen LogP contribution in [0.1, 0.15) is 18.5 Å². The van der Waals surface area contributed by atoms with Crippen LogP contribution in [0, 0.1) is 10.1 Å². The third kappa shape index (κ3) is 4.53. The van der Waals surface area contributed by atoms with Gasteiger partial charge in [0.1, 0.15) is 16.5 Å². The summed E-state index contributed by atoms with van der Waals surface area (Å²) in [4.78, 5) is 35.9. The van der Waals surface area contributed by atoms with Crippen LogP contribution in [-0.4, -0.2) is 31.1 Å². The van der Waals surface area contributed by atoms with E-state index in [1.165, 1.54) is 32.4 Å². The van der Waals surface area contributed by atoms with Gasteiger partial charge in [-0.3, -0.25) is 14.9 Å². The minimum Gasteiger partial charge on any atom is -0.497 e. The van der Waals surface area contributed by atoms with E-state index in [0.29, 0.717) is 28.4 Å². The molecule has 2 aromatic rings. The van der Waals surface area contributed by atoms with Crippen LogP contribution in [0.5, 0.6) is 11.5 Å². The molecule has 0 saturated heterocycles. The van der Waals surface area contributed by atoms with Gasteiger partial charge in [0.2, 0.25) is 0 Å². The van der Waals surface area contributed by atoms with E-state index in [9.17, 15) is 19.7 Å². The molecule has 3 N–H and O–H groups in total. The Morgan fingerprint density at radius 1 is 1.19 bits per heavy atom. The summed E-state index contributed by atoms with van der Waals surface area (Å²) in [6, 6.07) is 7.50. The van der Waals surface area contributed by atoms with Crippen molar-refractivity contribution in [2.75, 3.05) is 19.5 Å². The number of amides is 3. The Morgan fingerprint density at radius 2 is 1.94 bits per heavy atom. The van der Waals surface area contributed by atoms with Gasteiger partial charge in [-0.15, -0.1) is 0 Å². The Hall–Kier alpha value is -3.79. The van der Waals surface area contributed by atoms with E-state index in [0.717, 1.165) is 0 Å². The van der Waals surface area contributed by atoms with E-state index in [2.05, 4.69) is 16.0 Å². The molecular formula is C20H19ClN4O6. The van der Waals surface area contributed by atoms with E-state index in [1.54, 1.807) is 25.1 Å². The molecule has 3 amide bonds. The molecule has 0 aromatic heterocycles. The lowest BCUT2D eigenvalue weighted by atomic mass is 9.94. The highest BCUT2D eigenvalue weighted by Gasteiger charge is 2.32. The molecule has 0 spiro atoms. The SMILES string of the molecule is COc1ccc(OC)c(NC(=O)C2=C(C)NC(=O)NC2c2ccc(Cl)c([N+](=O)[O-])c2)c1. The minimum atomic E-state index is -0.943. The number of nitro groups is 1. The second-order valence-corrected chi connectivity index (χ2v) is 6.97. The first-order chi connectivity index (χ1) is 14.7. The molecule has 0 aliphatic carbocycles. The first kappa shape index (κ1) is 21.9. The summed E-state index contributed by atoms with van der Waals surface area (Å²) < 4.78 is 10.5. The van der Waals surface area contributed by atoms with Crippen LogP contribution >= 0.6 is 11.6 Å². The van der Waals surface area contributed by atoms with Crippen LogP contribution in [-0.2, 0) is 4.79 Å². The highest BCUT2D eigenvalue weighted by Crippen LogP contribution is 2.34. The fraction of sp³-hybridized carbons (Fsp3) is 0.200. The molecule has 0 saturated carbocycles. The Labute approximate surface area is 182 Å². The number of methoxy groups -OCH3 is 2. The summed E-state index contributed by atoms with van der Waals surface area (Å²) in [6.07, 6.45) is 0. The van der Waals surface area contributed by atoms with E-state index in [1.807, 2.05) is 0 Å². The lowest BCUT2D eigenvalue weighted by Crippen LogP contribution is -2.46. The van der Waals surface area contributed by atoms with Crippen molar-refractivity contribution in [1.29, 1.82) is 0 Å². The average Bonchev–Trinajstić information content (AvgIpc) is 2.73. The van der Waals surface area contributed by atoms with Crippen LogP contribution in [0.3, 0.4) is 0 Å². The third-order valence-corrected chi connectivity index (χ3v) is 4.99. The molecule has 11 heteroatoms. The van der Waals surface area contributed by atoms with Gasteiger partial charge in [0, 0.05) is 17.8 Å². The van der Waals surface area contributed by atoms with Gasteiger partial charge in [0.25, 0.3) is 11.6 Å².